The summed E-state index contributed by atoms with van der Waals surface area (Å²) in [6.07, 6.45) is 4.16. The third-order valence-corrected chi connectivity index (χ3v) is 2.40. The quantitative estimate of drug-likeness (QED) is 0.695. The number of hydrogen-bond acceptors (Lipinski definition) is 1. The lowest BCUT2D eigenvalue weighted by atomic mass is 10.0. The van der Waals surface area contributed by atoms with Crippen molar-refractivity contribution in [3.8, 4) is 0 Å². The molecule has 0 amide bonds. The maximum absolute atomic E-state index is 3.78. The molecule has 0 radical (unpaired) electrons. The fraction of sp³-hybridized carbons (Fsp3) is 0.429. The molecule has 0 bridgehead atoms. The molecular weight excluding hydrogens is 182 g/mol. The molecule has 1 aromatic rings. The lowest BCUT2D eigenvalue weighted by molar-refractivity contribution is 0.455. The lowest BCUT2D eigenvalue weighted by Gasteiger charge is -2.21. The summed E-state index contributed by atoms with van der Waals surface area (Å²) in [5.74, 6) is 0. The fourth-order valence-electron chi connectivity index (χ4n) is 1.72. The SMILES string of the molecule is C=CCCC(NC(C)C)c1ccccc1. The van der Waals surface area contributed by atoms with Crippen molar-refractivity contribution < 1.29 is 0 Å². The second-order valence-electron chi connectivity index (χ2n) is 4.15. The van der Waals surface area contributed by atoms with Crippen LogP contribution in [0.25, 0.3) is 0 Å². The molecule has 0 saturated heterocycles. The highest BCUT2D eigenvalue weighted by molar-refractivity contribution is 5.19. The van der Waals surface area contributed by atoms with Crippen LogP contribution in [-0.4, -0.2) is 6.04 Å². The van der Waals surface area contributed by atoms with Gasteiger partial charge in [0.15, 0.2) is 0 Å². The van der Waals surface area contributed by atoms with Crippen LogP contribution >= 0.6 is 0 Å². The first kappa shape index (κ1) is 12.0. The molecule has 1 nitrogen and oxygen atoms in total. The van der Waals surface area contributed by atoms with E-state index < -0.39 is 0 Å². The second-order valence-corrected chi connectivity index (χ2v) is 4.15. The van der Waals surface area contributed by atoms with Crippen molar-refractivity contribution in [3.05, 3.63) is 48.6 Å². The van der Waals surface area contributed by atoms with Gasteiger partial charge in [-0.2, -0.15) is 0 Å². The highest BCUT2D eigenvalue weighted by Crippen LogP contribution is 2.18. The normalized spacial score (nSPS) is 12.7. The Labute approximate surface area is 93.2 Å². The summed E-state index contributed by atoms with van der Waals surface area (Å²) < 4.78 is 0. The monoisotopic (exact) mass is 203 g/mol. The van der Waals surface area contributed by atoms with Gasteiger partial charge in [-0.1, -0.05) is 50.3 Å². The zero-order valence-corrected chi connectivity index (χ0v) is 9.74. The van der Waals surface area contributed by atoms with Gasteiger partial charge in [0.25, 0.3) is 0 Å². The van der Waals surface area contributed by atoms with Gasteiger partial charge < -0.3 is 5.32 Å². The van der Waals surface area contributed by atoms with Crippen molar-refractivity contribution in [2.45, 2.75) is 38.8 Å². The van der Waals surface area contributed by atoms with Crippen molar-refractivity contribution in [2.75, 3.05) is 0 Å². The molecule has 0 fully saturated rings. The molecule has 1 rings (SSSR count). The highest BCUT2D eigenvalue weighted by Gasteiger charge is 2.10. The Bertz CT molecular complexity index is 277. The minimum atomic E-state index is 0.448. The molecule has 0 aliphatic carbocycles. The van der Waals surface area contributed by atoms with Crippen molar-refractivity contribution >= 4 is 0 Å². The van der Waals surface area contributed by atoms with Gasteiger partial charge in [-0.15, -0.1) is 6.58 Å². The summed E-state index contributed by atoms with van der Waals surface area (Å²) in [5, 5.41) is 3.58. The molecule has 0 aliphatic rings. The number of nitrogens with one attached hydrogen (secondary N) is 1. The van der Waals surface area contributed by atoms with Gasteiger partial charge in [-0.25, -0.2) is 0 Å². The van der Waals surface area contributed by atoms with E-state index >= 15 is 0 Å². The van der Waals surface area contributed by atoms with E-state index in [1.165, 1.54) is 5.56 Å². The van der Waals surface area contributed by atoms with Crippen LogP contribution in [0, 0.1) is 0 Å². The Kier molecular flexibility index (Phi) is 5.13. The van der Waals surface area contributed by atoms with Crippen LogP contribution in [0.2, 0.25) is 0 Å². The topological polar surface area (TPSA) is 12.0 Å². The van der Waals surface area contributed by atoms with Crippen LogP contribution < -0.4 is 5.32 Å². The fourth-order valence-corrected chi connectivity index (χ4v) is 1.72. The Morgan fingerprint density at radius 3 is 2.47 bits per heavy atom. The Morgan fingerprint density at radius 1 is 1.27 bits per heavy atom. The van der Waals surface area contributed by atoms with E-state index in [1.54, 1.807) is 0 Å². The standard InChI is InChI=1S/C14H21N/c1-4-5-11-14(15-12(2)3)13-9-7-6-8-10-13/h4,6-10,12,14-15H,1,5,11H2,2-3H3. The average Bonchev–Trinajstić information content (AvgIpc) is 2.25. The number of rotatable bonds is 6. The molecule has 0 saturated carbocycles. The van der Waals surface area contributed by atoms with Crippen molar-refractivity contribution in [2.24, 2.45) is 0 Å². The van der Waals surface area contributed by atoms with Gasteiger partial charge in [0, 0.05) is 12.1 Å². The minimum Gasteiger partial charge on any atom is -0.308 e. The van der Waals surface area contributed by atoms with Crippen LogP contribution in [0.5, 0.6) is 0 Å². The molecule has 1 aromatic carbocycles. The third-order valence-electron chi connectivity index (χ3n) is 2.40. The Balaban J connectivity index is 2.67. The Hall–Kier alpha value is -1.08. The van der Waals surface area contributed by atoms with E-state index in [4.69, 9.17) is 0 Å². The van der Waals surface area contributed by atoms with Gasteiger partial charge in [-0.3, -0.25) is 0 Å². The highest BCUT2D eigenvalue weighted by atomic mass is 14.9. The minimum absolute atomic E-state index is 0.448. The summed E-state index contributed by atoms with van der Waals surface area (Å²) in [6, 6.07) is 11.6. The number of hydrogen-bond donors (Lipinski definition) is 1. The first-order valence-corrected chi connectivity index (χ1v) is 5.66. The summed E-state index contributed by atoms with van der Waals surface area (Å²) in [4.78, 5) is 0. The Morgan fingerprint density at radius 2 is 1.93 bits per heavy atom. The summed E-state index contributed by atoms with van der Waals surface area (Å²) >= 11 is 0. The van der Waals surface area contributed by atoms with E-state index in [9.17, 15) is 0 Å². The molecule has 0 spiro atoms. The van der Waals surface area contributed by atoms with Crippen LogP contribution in [0.3, 0.4) is 0 Å². The molecule has 0 heterocycles. The van der Waals surface area contributed by atoms with E-state index in [2.05, 4.69) is 56.1 Å². The molecule has 1 heteroatoms. The van der Waals surface area contributed by atoms with E-state index in [0.717, 1.165) is 12.8 Å². The molecule has 0 aliphatic heterocycles. The molecule has 1 unspecified atom stereocenters. The van der Waals surface area contributed by atoms with Crippen LogP contribution in [-0.2, 0) is 0 Å². The van der Waals surface area contributed by atoms with Gasteiger partial charge in [0.1, 0.15) is 0 Å². The van der Waals surface area contributed by atoms with E-state index in [1.807, 2.05) is 6.08 Å². The molecular formula is C14H21N. The van der Waals surface area contributed by atoms with E-state index in [-0.39, 0.29) is 0 Å². The first-order chi connectivity index (χ1) is 7.24. The van der Waals surface area contributed by atoms with Gasteiger partial charge in [0.05, 0.1) is 0 Å². The summed E-state index contributed by atoms with van der Waals surface area (Å²) in [6.45, 7) is 8.15. The van der Waals surface area contributed by atoms with Crippen LogP contribution in [0.15, 0.2) is 43.0 Å². The molecule has 82 valence electrons. The first-order valence-electron chi connectivity index (χ1n) is 5.66. The van der Waals surface area contributed by atoms with E-state index in [0.29, 0.717) is 12.1 Å². The predicted molar refractivity (Wildman–Crippen MR) is 66.9 cm³/mol. The van der Waals surface area contributed by atoms with Crippen LogP contribution in [0.1, 0.15) is 38.3 Å². The van der Waals surface area contributed by atoms with Crippen LogP contribution in [0.4, 0.5) is 0 Å². The van der Waals surface area contributed by atoms with Gasteiger partial charge >= 0.3 is 0 Å². The zero-order valence-electron chi connectivity index (χ0n) is 9.74. The maximum atomic E-state index is 3.78. The lowest BCUT2D eigenvalue weighted by Crippen LogP contribution is -2.28. The summed E-state index contributed by atoms with van der Waals surface area (Å²) in [7, 11) is 0. The third kappa shape index (κ3) is 4.30. The zero-order chi connectivity index (χ0) is 11.1. The average molecular weight is 203 g/mol. The van der Waals surface area contributed by atoms with Crippen molar-refractivity contribution in [1.82, 2.24) is 5.32 Å². The second kappa shape index (κ2) is 6.41. The smallest absolute Gasteiger partial charge is 0.0325 e. The van der Waals surface area contributed by atoms with Crippen molar-refractivity contribution in [3.63, 3.8) is 0 Å². The van der Waals surface area contributed by atoms with Gasteiger partial charge in [-0.05, 0) is 18.4 Å². The molecule has 15 heavy (non-hydrogen) atoms. The molecule has 1 N–H and O–H groups in total. The molecule has 1 atom stereocenters. The number of benzene rings is 1. The largest absolute Gasteiger partial charge is 0.308 e. The maximum Gasteiger partial charge on any atom is 0.0325 e. The number of allylic oxidation sites excluding steroid dienone is 1. The van der Waals surface area contributed by atoms with Gasteiger partial charge in [0.2, 0.25) is 0 Å². The predicted octanol–water partition coefficient (Wildman–Crippen LogP) is 3.69. The summed E-state index contributed by atoms with van der Waals surface area (Å²) in [5.41, 5.74) is 1.37. The van der Waals surface area contributed by atoms with Crippen molar-refractivity contribution in [1.29, 1.82) is 0 Å². The molecule has 0 aromatic heterocycles.